The Bertz CT molecular complexity index is 189. The number of carbonyl (C=O) groups excluding carboxylic acids is 1. The van der Waals surface area contributed by atoms with Crippen LogP contribution in [0.4, 0.5) is 17.6 Å². The lowest BCUT2D eigenvalue weighted by Crippen LogP contribution is -1.92. The Morgan fingerprint density at radius 2 is 1.25 bits per heavy atom. The first-order valence-electron chi connectivity index (χ1n) is 3.06. The third-order valence-electron chi connectivity index (χ3n) is 0.968. The molecule has 0 aromatic carbocycles. The molecule has 0 atom stereocenters. The molecule has 1 nitrogen and oxygen atoms in total. The van der Waals surface area contributed by atoms with Crippen LogP contribution in [-0.4, -0.2) is 5.78 Å². The zero-order valence-corrected chi connectivity index (χ0v) is 5.99. The van der Waals surface area contributed by atoms with Gasteiger partial charge in [-0.15, -0.1) is 0 Å². The van der Waals surface area contributed by atoms with Gasteiger partial charge in [-0.25, -0.2) is 0 Å². The number of halogens is 4. The molecule has 0 saturated carbocycles. The van der Waals surface area contributed by atoms with Gasteiger partial charge in [-0.1, -0.05) is 0 Å². The summed E-state index contributed by atoms with van der Waals surface area (Å²) in [6.45, 7) is 0. The van der Waals surface area contributed by atoms with Crippen molar-refractivity contribution < 1.29 is 22.4 Å². The summed E-state index contributed by atoms with van der Waals surface area (Å²) in [5, 5.41) is 0. The molecule has 0 aliphatic rings. The van der Waals surface area contributed by atoms with Crippen LogP contribution in [0.15, 0.2) is 24.3 Å². The van der Waals surface area contributed by atoms with Crippen LogP contribution in [-0.2, 0) is 4.79 Å². The Labute approximate surface area is 66.4 Å². The predicted octanol–water partition coefficient (Wildman–Crippen LogP) is 2.90. The van der Waals surface area contributed by atoms with E-state index in [1.165, 1.54) is 0 Å². The second kappa shape index (κ2) is 5.51. The maximum Gasteiger partial charge on any atom is 0.266 e. The second-order valence-corrected chi connectivity index (χ2v) is 1.93. The molecule has 0 saturated heterocycles. The highest BCUT2D eigenvalue weighted by Crippen LogP contribution is 2.04. The van der Waals surface area contributed by atoms with Crippen LogP contribution >= 0.6 is 0 Å². The van der Waals surface area contributed by atoms with Gasteiger partial charge in [0.05, 0.1) is 0 Å². The van der Waals surface area contributed by atoms with Gasteiger partial charge in [0.2, 0.25) is 0 Å². The van der Waals surface area contributed by atoms with Crippen molar-refractivity contribution in [3.63, 3.8) is 0 Å². The minimum absolute atomic E-state index is 0.395. The first-order chi connectivity index (χ1) is 5.52. The maximum absolute atomic E-state index is 11.3. The summed E-state index contributed by atoms with van der Waals surface area (Å²) in [5.41, 5.74) is 0. The number of carbonyl (C=O) groups is 1. The molecule has 0 unspecified atom stereocenters. The van der Waals surface area contributed by atoms with Crippen molar-refractivity contribution in [2.75, 3.05) is 0 Å². The number of rotatable bonds is 4. The summed E-state index contributed by atoms with van der Waals surface area (Å²) in [6.07, 6.45) is -4.18. The quantitative estimate of drug-likeness (QED) is 0.611. The lowest BCUT2D eigenvalue weighted by molar-refractivity contribution is -0.117. The Hall–Kier alpha value is -1.13. The summed E-state index contributed by atoms with van der Waals surface area (Å²) in [5.74, 6) is -0.671. The normalized spacial score (nSPS) is 9.00. The summed E-state index contributed by atoms with van der Waals surface area (Å²) < 4.78 is 45.4. The van der Waals surface area contributed by atoms with Crippen LogP contribution in [0.5, 0.6) is 0 Å². The van der Waals surface area contributed by atoms with E-state index in [0.717, 1.165) is 0 Å². The summed E-state index contributed by atoms with van der Waals surface area (Å²) >= 11 is 0. The Morgan fingerprint density at radius 3 is 1.50 bits per heavy atom. The first-order valence-corrected chi connectivity index (χ1v) is 3.06. The molecule has 0 rings (SSSR count). The molecule has 0 aromatic heterocycles. The van der Waals surface area contributed by atoms with Crippen molar-refractivity contribution in [1.29, 1.82) is 0 Å². The van der Waals surface area contributed by atoms with E-state index in [1.54, 1.807) is 0 Å². The van der Waals surface area contributed by atoms with Crippen LogP contribution in [0, 0.1) is 0 Å². The average Bonchev–Trinajstić information content (AvgIpc) is 1.96. The summed E-state index contributed by atoms with van der Waals surface area (Å²) in [7, 11) is 0. The maximum atomic E-state index is 11.3. The zero-order chi connectivity index (χ0) is 9.56. The minimum Gasteiger partial charge on any atom is -0.299 e. The molecule has 12 heavy (non-hydrogen) atoms. The third-order valence-corrected chi connectivity index (χ3v) is 0.968. The van der Waals surface area contributed by atoms with Gasteiger partial charge in [-0.2, -0.15) is 17.6 Å². The number of ketones is 1. The average molecular weight is 182 g/mol. The van der Waals surface area contributed by atoms with Crippen LogP contribution in [0.3, 0.4) is 0 Å². The Balaban J connectivity index is 3.76. The molecule has 0 radical (unpaired) electrons. The molecule has 0 bridgehead atoms. The fourth-order valence-corrected chi connectivity index (χ4v) is 0.465. The molecular weight excluding hydrogens is 176 g/mol. The van der Waals surface area contributed by atoms with Crippen LogP contribution < -0.4 is 0 Å². The van der Waals surface area contributed by atoms with Gasteiger partial charge in [-0.05, 0) is 12.2 Å². The van der Waals surface area contributed by atoms with Crippen molar-refractivity contribution in [3.8, 4) is 0 Å². The largest absolute Gasteiger partial charge is 0.299 e. The van der Waals surface area contributed by atoms with E-state index in [1.807, 2.05) is 0 Å². The highest BCUT2D eigenvalue weighted by molar-refractivity contribution is 5.81. The van der Waals surface area contributed by atoms with Gasteiger partial charge in [-0.3, -0.25) is 4.79 Å². The topological polar surface area (TPSA) is 17.1 Å². The smallest absolute Gasteiger partial charge is 0.266 e. The molecule has 0 spiro atoms. The van der Waals surface area contributed by atoms with E-state index in [0.29, 0.717) is 12.2 Å². The summed E-state index contributed by atoms with van der Waals surface area (Å²) in [4.78, 5) is 10.5. The van der Waals surface area contributed by atoms with E-state index < -0.39 is 30.8 Å². The molecule has 68 valence electrons. The third kappa shape index (κ3) is 6.98. The number of allylic oxidation sites excluding steroid dienone is 2. The SMILES string of the molecule is O=C(CC=C(F)F)CC=C(F)F. The molecule has 0 aliphatic heterocycles. The fourth-order valence-electron chi connectivity index (χ4n) is 0.465. The van der Waals surface area contributed by atoms with Crippen molar-refractivity contribution in [3.05, 3.63) is 24.3 Å². The van der Waals surface area contributed by atoms with Crippen LogP contribution in [0.1, 0.15) is 12.8 Å². The van der Waals surface area contributed by atoms with Gasteiger partial charge in [0.15, 0.2) is 0 Å². The molecule has 0 heterocycles. The molecule has 0 aromatic rings. The van der Waals surface area contributed by atoms with Crippen molar-refractivity contribution >= 4 is 5.78 Å². The molecule has 0 N–H and O–H groups in total. The van der Waals surface area contributed by atoms with Gasteiger partial charge >= 0.3 is 0 Å². The number of hydrogen-bond donors (Lipinski definition) is 0. The zero-order valence-electron chi connectivity index (χ0n) is 5.99. The first kappa shape index (κ1) is 10.9. The highest BCUT2D eigenvalue weighted by Gasteiger charge is 1.99. The van der Waals surface area contributed by atoms with Crippen LogP contribution in [0.2, 0.25) is 0 Å². The van der Waals surface area contributed by atoms with Gasteiger partial charge < -0.3 is 0 Å². The number of hydrogen-bond acceptors (Lipinski definition) is 1. The molecule has 5 heteroatoms. The van der Waals surface area contributed by atoms with Gasteiger partial charge in [0.25, 0.3) is 12.2 Å². The van der Waals surface area contributed by atoms with E-state index in [4.69, 9.17) is 0 Å². The highest BCUT2D eigenvalue weighted by atomic mass is 19.3. The standard InChI is InChI=1S/C7H6F4O/c8-6(9)3-1-5(12)2-4-7(10)11/h3-4H,1-2H2. The fraction of sp³-hybridized carbons (Fsp3) is 0.286. The van der Waals surface area contributed by atoms with Gasteiger partial charge in [0.1, 0.15) is 5.78 Å². The van der Waals surface area contributed by atoms with Crippen molar-refractivity contribution in [1.82, 2.24) is 0 Å². The van der Waals surface area contributed by atoms with E-state index in [9.17, 15) is 22.4 Å². The Morgan fingerprint density at radius 1 is 0.917 bits per heavy atom. The van der Waals surface area contributed by atoms with Crippen LogP contribution in [0.25, 0.3) is 0 Å². The monoisotopic (exact) mass is 182 g/mol. The van der Waals surface area contributed by atoms with Crippen molar-refractivity contribution in [2.24, 2.45) is 0 Å². The van der Waals surface area contributed by atoms with Gasteiger partial charge in [0, 0.05) is 12.8 Å². The molecule has 0 aliphatic carbocycles. The lowest BCUT2D eigenvalue weighted by Gasteiger charge is -1.88. The lowest BCUT2D eigenvalue weighted by atomic mass is 10.2. The van der Waals surface area contributed by atoms with Crippen molar-refractivity contribution in [2.45, 2.75) is 12.8 Å². The van der Waals surface area contributed by atoms with E-state index in [2.05, 4.69) is 0 Å². The molecule has 0 amide bonds. The van der Waals surface area contributed by atoms with E-state index in [-0.39, 0.29) is 0 Å². The van der Waals surface area contributed by atoms with E-state index >= 15 is 0 Å². The predicted molar refractivity (Wildman–Crippen MR) is 34.8 cm³/mol. The molecular formula is C7H6F4O. The second-order valence-electron chi connectivity index (χ2n) is 1.93. The minimum atomic E-state index is -1.98. The summed E-state index contributed by atoms with van der Waals surface area (Å²) in [6, 6.07) is 0. The Kier molecular flexibility index (Phi) is 4.99. The molecule has 0 fully saturated rings. The number of Topliss-reactive ketones (excluding diaryl/α,β-unsaturated/α-hetero) is 1.